The molecule has 1 aromatic heterocycles. The summed E-state index contributed by atoms with van der Waals surface area (Å²) in [5.74, 6) is 2.63. The maximum Gasteiger partial charge on any atom is 0.227 e. The van der Waals surface area contributed by atoms with Gasteiger partial charge in [-0.2, -0.15) is 5.10 Å². The third-order valence-corrected chi connectivity index (χ3v) is 4.57. The molecule has 0 N–H and O–H groups in total. The highest BCUT2D eigenvalue weighted by Crippen LogP contribution is 2.39. The third kappa shape index (κ3) is 2.40. The molecule has 5 nitrogen and oxygen atoms in total. The average Bonchev–Trinajstić information content (AvgIpc) is 3.28. The summed E-state index contributed by atoms with van der Waals surface area (Å²) < 4.78 is 1.99. The van der Waals surface area contributed by atoms with Crippen LogP contribution in [0.2, 0.25) is 0 Å². The topological polar surface area (TPSA) is 51.0 Å². The minimum atomic E-state index is 0.00459. The Labute approximate surface area is 130 Å². The van der Waals surface area contributed by atoms with Gasteiger partial charge in [-0.1, -0.05) is 30.3 Å². The van der Waals surface area contributed by atoms with Gasteiger partial charge in [-0.15, -0.1) is 0 Å². The first kappa shape index (κ1) is 13.5. The van der Waals surface area contributed by atoms with Crippen molar-refractivity contribution in [3.05, 3.63) is 47.5 Å². The predicted molar refractivity (Wildman–Crippen MR) is 82.3 cm³/mol. The number of nitrogens with zero attached hydrogens (tertiary/aromatic N) is 4. The molecule has 1 fully saturated rings. The lowest BCUT2D eigenvalue weighted by molar-refractivity contribution is -0.133. The minimum Gasteiger partial charge on any atom is -0.331 e. The Morgan fingerprint density at radius 1 is 1.23 bits per heavy atom. The van der Waals surface area contributed by atoms with Crippen molar-refractivity contribution in [2.75, 3.05) is 6.54 Å². The molecule has 1 amide bonds. The van der Waals surface area contributed by atoms with Crippen molar-refractivity contribution in [1.29, 1.82) is 0 Å². The number of rotatable bonds is 3. The number of aromatic nitrogens is 3. The van der Waals surface area contributed by atoms with Gasteiger partial charge in [0.15, 0.2) is 5.82 Å². The van der Waals surface area contributed by atoms with E-state index in [0.29, 0.717) is 18.9 Å². The summed E-state index contributed by atoms with van der Waals surface area (Å²) in [4.78, 5) is 19.2. The fourth-order valence-electron chi connectivity index (χ4n) is 3.11. The molecule has 4 rings (SSSR count). The van der Waals surface area contributed by atoms with Crippen molar-refractivity contribution in [2.24, 2.45) is 0 Å². The third-order valence-electron chi connectivity index (χ3n) is 4.57. The van der Waals surface area contributed by atoms with E-state index in [4.69, 9.17) is 4.98 Å². The van der Waals surface area contributed by atoms with E-state index in [1.807, 2.05) is 39.9 Å². The van der Waals surface area contributed by atoms with Gasteiger partial charge >= 0.3 is 0 Å². The molecule has 22 heavy (non-hydrogen) atoms. The highest BCUT2D eigenvalue weighted by Gasteiger charge is 2.34. The van der Waals surface area contributed by atoms with E-state index >= 15 is 0 Å². The molecule has 114 valence electrons. The number of hydrogen-bond donors (Lipinski definition) is 0. The van der Waals surface area contributed by atoms with Crippen molar-refractivity contribution >= 4 is 5.91 Å². The van der Waals surface area contributed by atoms with Crippen LogP contribution in [0, 0.1) is 0 Å². The number of fused-ring (bicyclic) bond motifs is 1. The summed E-state index contributed by atoms with van der Waals surface area (Å²) in [5, 5.41) is 4.61. The van der Waals surface area contributed by atoms with Crippen LogP contribution in [0.15, 0.2) is 30.3 Å². The van der Waals surface area contributed by atoms with Crippen LogP contribution in [0.25, 0.3) is 0 Å². The van der Waals surface area contributed by atoms with Crippen LogP contribution in [-0.2, 0) is 17.8 Å². The maximum absolute atomic E-state index is 12.6. The Balaban J connectivity index is 1.52. The largest absolute Gasteiger partial charge is 0.331 e. The van der Waals surface area contributed by atoms with Crippen LogP contribution in [0.4, 0.5) is 0 Å². The number of hydrogen-bond acceptors (Lipinski definition) is 3. The molecular weight excluding hydrogens is 276 g/mol. The predicted octanol–water partition coefficient (Wildman–Crippen LogP) is 2.30. The molecule has 0 spiro atoms. The molecule has 2 aliphatic rings. The van der Waals surface area contributed by atoms with Crippen LogP contribution < -0.4 is 0 Å². The number of carbonyl (C=O) groups is 1. The van der Waals surface area contributed by atoms with E-state index in [2.05, 4.69) is 12.0 Å². The summed E-state index contributed by atoms with van der Waals surface area (Å²) in [6, 6.07) is 9.92. The fraction of sp³-hybridized carbons (Fsp3) is 0.471. The molecule has 1 aromatic carbocycles. The molecule has 0 unspecified atom stereocenters. The maximum atomic E-state index is 12.6. The molecule has 1 aliphatic heterocycles. The van der Waals surface area contributed by atoms with Gasteiger partial charge < -0.3 is 4.90 Å². The monoisotopic (exact) mass is 296 g/mol. The lowest BCUT2D eigenvalue weighted by Crippen LogP contribution is -2.42. The SMILES string of the molecule is C[C@@H]1c2nc(C3CC3)nn2CCN1C(=O)Cc1ccccc1. The number of benzene rings is 1. The van der Waals surface area contributed by atoms with Gasteiger partial charge in [0.05, 0.1) is 19.0 Å². The molecular formula is C17H20N4O. The van der Waals surface area contributed by atoms with Gasteiger partial charge in [0.2, 0.25) is 5.91 Å². The second kappa shape index (κ2) is 5.23. The van der Waals surface area contributed by atoms with Crippen molar-refractivity contribution in [1.82, 2.24) is 19.7 Å². The molecule has 0 radical (unpaired) electrons. The van der Waals surface area contributed by atoms with Crippen LogP contribution in [-0.4, -0.2) is 32.1 Å². The second-order valence-corrected chi connectivity index (χ2v) is 6.25. The molecule has 2 aromatic rings. The molecule has 1 saturated carbocycles. The number of carbonyl (C=O) groups excluding carboxylic acids is 1. The summed E-state index contributed by atoms with van der Waals surface area (Å²) >= 11 is 0. The molecule has 2 heterocycles. The average molecular weight is 296 g/mol. The van der Waals surface area contributed by atoms with E-state index in [1.165, 1.54) is 12.8 Å². The molecule has 1 atom stereocenters. The molecule has 0 bridgehead atoms. The van der Waals surface area contributed by atoms with Crippen LogP contribution in [0.1, 0.15) is 48.9 Å². The standard InChI is InChI=1S/C17H20N4O/c1-12-17-18-16(14-7-8-14)19-21(17)10-9-20(12)15(22)11-13-5-3-2-4-6-13/h2-6,12,14H,7-11H2,1H3/t12-/m1/s1. The molecule has 5 heteroatoms. The first-order chi connectivity index (χ1) is 10.7. The highest BCUT2D eigenvalue weighted by molar-refractivity contribution is 5.79. The van der Waals surface area contributed by atoms with Crippen LogP contribution in [0.3, 0.4) is 0 Å². The zero-order chi connectivity index (χ0) is 15.1. The van der Waals surface area contributed by atoms with E-state index in [9.17, 15) is 4.79 Å². The Hall–Kier alpha value is -2.17. The lowest BCUT2D eigenvalue weighted by Gasteiger charge is -2.33. The first-order valence-electron chi connectivity index (χ1n) is 8.00. The van der Waals surface area contributed by atoms with Crippen molar-refractivity contribution in [3.63, 3.8) is 0 Å². The summed E-state index contributed by atoms with van der Waals surface area (Å²) in [5.41, 5.74) is 1.06. The van der Waals surface area contributed by atoms with Gasteiger partial charge in [-0.3, -0.25) is 4.79 Å². The van der Waals surface area contributed by atoms with E-state index in [0.717, 1.165) is 23.8 Å². The minimum absolute atomic E-state index is 0.00459. The summed E-state index contributed by atoms with van der Waals surface area (Å²) in [6.45, 7) is 3.52. The van der Waals surface area contributed by atoms with Gasteiger partial charge in [0.1, 0.15) is 5.82 Å². The highest BCUT2D eigenvalue weighted by atomic mass is 16.2. The smallest absolute Gasteiger partial charge is 0.227 e. The van der Waals surface area contributed by atoms with Gasteiger partial charge in [-0.25, -0.2) is 9.67 Å². The summed E-state index contributed by atoms with van der Waals surface area (Å²) in [7, 11) is 0. The zero-order valence-electron chi connectivity index (χ0n) is 12.8. The van der Waals surface area contributed by atoms with Gasteiger partial charge in [0, 0.05) is 12.5 Å². The van der Waals surface area contributed by atoms with Gasteiger partial charge in [0.25, 0.3) is 0 Å². The first-order valence-corrected chi connectivity index (χ1v) is 8.00. The Bertz CT molecular complexity index is 690. The normalized spacial score (nSPS) is 20.8. The Kier molecular flexibility index (Phi) is 3.21. The number of amides is 1. The van der Waals surface area contributed by atoms with E-state index < -0.39 is 0 Å². The summed E-state index contributed by atoms with van der Waals surface area (Å²) in [6.07, 6.45) is 2.86. The van der Waals surface area contributed by atoms with Crippen molar-refractivity contribution in [2.45, 2.75) is 44.7 Å². The Morgan fingerprint density at radius 2 is 2.00 bits per heavy atom. The van der Waals surface area contributed by atoms with Crippen LogP contribution in [0.5, 0.6) is 0 Å². The second-order valence-electron chi connectivity index (χ2n) is 6.25. The van der Waals surface area contributed by atoms with E-state index in [-0.39, 0.29) is 11.9 Å². The molecule has 1 aliphatic carbocycles. The van der Waals surface area contributed by atoms with Crippen LogP contribution >= 0.6 is 0 Å². The zero-order valence-corrected chi connectivity index (χ0v) is 12.8. The van der Waals surface area contributed by atoms with Crippen molar-refractivity contribution in [3.8, 4) is 0 Å². The molecule has 0 saturated heterocycles. The van der Waals surface area contributed by atoms with Gasteiger partial charge in [-0.05, 0) is 25.3 Å². The fourth-order valence-corrected chi connectivity index (χ4v) is 3.11. The van der Waals surface area contributed by atoms with E-state index in [1.54, 1.807) is 0 Å². The van der Waals surface area contributed by atoms with Crippen molar-refractivity contribution < 1.29 is 4.79 Å². The quantitative estimate of drug-likeness (QED) is 0.873. The Morgan fingerprint density at radius 3 is 2.73 bits per heavy atom. The lowest BCUT2D eigenvalue weighted by atomic mass is 10.1.